The zero-order chi connectivity index (χ0) is 8.48. The van der Waals surface area contributed by atoms with Crippen LogP contribution in [-0.4, -0.2) is 12.0 Å². The second kappa shape index (κ2) is 2.57. The maximum Gasteiger partial charge on any atom is 0.462 e. The number of ketones is 1. The molecule has 0 saturated heterocycles. The number of halogens is 3. The summed E-state index contributed by atoms with van der Waals surface area (Å²) in [5, 5.41) is 0. The van der Waals surface area contributed by atoms with Crippen molar-refractivity contribution in [2.45, 2.75) is 19.0 Å². The van der Waals surface area contributed by atoms with E-state index in [9.17, 15) is 18.0 Å². The third-order valence-corrected chi connectivity index (χ3v) is 1.22. The topological polar surface area (TPSA) is 17.1 Å². The predicted molar refractivity (Wildman–Crippen MR) is 31.6 cm³/mol. The van der Waals surface area contributed by atoms with Gasteiger partial charge in [0.05, 0.1) is 0 Å². The third kappa shape index (κ3) is 2.62. The van der Waals surface area contributed by atoms with Crippen molar-refractivity contribution < 1.29 is 18.0 Å². The summed E-state index contributed by atoms with van der Waals surface area (Å²) in [4.78, 5) is 10.1. The van der Waals surface area contributed by atoms with E-state index < -0.39 is 12.0 Å². The first-order valence-corrected chi connectivity index (χ1v) is 3.13. The van der Waals surface area contributed by atoms with Crippen molar-refractivity contribution in [1.29, 1.82) is 0 Å². The summed E-state index contributed by atoms with van der Waals surface area (Å²) in [5.41, 5.74) is 0. The molecule has 0 heterocycles. The van der Waals surface area contributed by atoms with Crippen LogP contribution in [0.3, 0.4) is 0 Å². The molecule has 60 valence electrons. The highest BCUT2D eigenvalue weighted by Gasteiger charge is 2.37. The molecule has 4 heteroatoms. The zero-order valence-electron chi connectivity index (χ0n) is 5.53. The van der Waals surface area contributed by atoms with Crippen LogP contribution in [0.2, 0.25) is 0 Å². The van der Waals surface area contributed by atoms with Crippen molar-refractivity contribution in [2.24, 2.45) is 5.92 Å². The molecule has 0 spiro atoms. The Kier molecular flexibility index (Phi) is 1.90. The Balaban J connectivity index is 2.50. The maximum atomic E-state index is 11.5. The molecule has 0 unspecified atom stereocenters. The molecule has 1 fully saturated rings. The Labute approximate surface area is 61.6 Å². The summed E-state index contributed by atoms with van der Waals surface area (Å²) in [6.45, 7) is 0. The molecule has 0 radical (unpaired) electrons. The highest BCUT2D eigenvalue weighted by molar-refractivity contribution is 5.99. The monoisotopic (exact) mass is 162 g/mol. The Morgan fingerprint density at radius 3 is 2.27 bits per heavy atom. The third-order valence-electron chi connectivity index (χ3n) is 1.22. The van der Waals surface area contributed by atoms with Gasteiger partial charge in [0.25, 0.3) is 0 Å². The first-order chi connectivity index (χ1) is 5.00. The second-order valence-corrected chi connectivity index (χ2v) is 2.37. The molecule has 1 aliphatic carbocycles. The highest BCUT2D eigenvalue weighted by Crippen LogP contribution is 2.27. The molecule has 0 N–H and O–H groups in total. The molecular formula is C7H5F3O. The van der Waals surface area contributed by atoms with E-state index in [1.54, 1.807) is 5.92 Å². The number of Topliss-reactive ketones (excluding diaryl/α,β-unsaturated/α-hetero) is 1. The largest absolute Gasteiger partial charge is 0.462 e. The summed E-state index contributed by atoms with van der Waals surface area (Å²) >= 11 is 0. The molecule has 1 rings (SSSR count). The molecule has 1 aliphatic rings. The summed E-state index contributed by atoms with van der Waals surface area (Å²) in [7, 11) is 0. The van der Waals surface area contributed by atoms with Crippen LogP contribution < -0.4 is 0 Å². The van der Waals surface area contributed by atoms with Gasteiger partial charge < -0.3 is 0 Å². The molecule has 0 aromatic carbocycles. The molecular weight excluding hydrogens is 157 g/mol. The number of carbonyl (C=O) groups excluding carboxylic acids is 1. The molecule has 0 atom stereocenters. The number of hydrogen-bond donors (Lipinski definition) is 0. The second-order valence-electron chi connectivity index (χ2n) is 2.37. The molecule has 1 saturated carbocycles. The molecule has 0 aromatic heterocycles. The number of hydrogen-bond acceptors (Lipinski definition) is 1. The van der Waals surface area contributed by atoms with Crippen molar-refractivity contribution in [3.63, 3.8) is 0 Å². The van der Waals surface area contributed by atoms with Gasteiger partial charge in [0.15, 0.2) is 0 Å². The van der Waals surface area contributed by atoms with Crippen LogP contribution >= 0.6 is 0 Å². The van der Waals surface area contributed by atoms with Gasteiger partial charge in [-0.2, -0.15) is 13.2 Å². The van der Waals surface area contributed by atoms with Gasteiger partial charge in [-0.1, -0.05) is 5.92 Å². The van der Waals surface area contributed by atoms with Gasteiger partial charge in [-0.15, -0.1) is 0 Å². The Morgan fingerprint density at radius 2 is 1.91 bits per heavy atom. The lowest BCUT2D eigenvalue weighted by Crippen LogP contribution is -2.20. The minimum Gasteiger partial charge on any atom is -0.275 e. The Hall–Kier alpha value is -0.980. The lowest BCUT2D eigenvalue weighted by molar-refractivity contribution is -0.164. The Bertz CT molecular complexity index is 226. The SMILES string of the molecule is O=C(C#CC1CC1)C(F)(F)F. The van der Waals surface area contributed by atoms with Gasteiger partial charge in [0.2, 0.25) is 0 Å². The van der Waals surface area contributed by atoms with E-state index in [-0.39, 0.29) is 5.92 Å². The van der Waals surface area contributed by atoms with Gasteiger partial charge in [-0.25, -0.2) is 0 Å². The van der Waals surface area contributed by atoms with Crippen LogP contribution in [0.5, 0.6) is 0 Å². The fraction of sp³-hybridized carbons (Fsp3) is 0.571. The lowest BCUT2D eigenvalue weighted by Gasteiger charge is -1.95. The average Bonchev–Trinajstić information content (AvgIpc) is 2.62. The summed E-state index contributed by atoms with van der Waals surface area (Å²) < 4.78 is 34.4. The first kappa shape index (κ1) is 8.12. The summed E-state index contributed by atoms with van der Waals surface area (Å²) in [6, 6.07) is 0. The molecule has 0 aliphatic heterocycles. The van der Waals surface area contributed by atoms with E-state index in [1.165, 1.54) is 0 Å². The van der Waals surface area contributed by atoms with Crippen LogP contribution in [0, 0.1) is 17.8 Å². The van der Waals surface area contributed by atoms with Gasteiger partial charge in [0.1, 0.15) is 0 Å². The number of carbonyl (C=O) groups is 1. The molecule has 1 nitrogen and oxygen atoms in total. The van der Waals surface area contributed by atoms with Crippen molar-refractivity contribution in [2.75, 3.05) is 0 Å². The van der Waals surface area contributed by atoms with Gasteiger partial charge in [-0.05, 0) is 18.8 Å². The first-order valence-electron chi connectivity index (χ1n) is 3.13. The number of rotatable bonds is 0. The van der Waals surface area contributed by atoms with Crippen LogP contribution in [0.4, 0.5) is 13.2 Å². The normalized spacial score (nSPS) is 17.0. The minimum atomic E-state index is -4.79. The van der Waals surface area contributed by atoms with E-state index in [2.05, 4.69) is 5.92 Å². The van der Waals surface area contributed by atoms with Crippen LogP contribution in [-0.2, 0) is 4.79 Å². The quantitative estimate of drug-likeness (QED) is 0.390. The van der Waals surface area contributed by atoms with Gasteiger partial charge >= 0.3 is 12.0 Å². The van der Waals surface area contributed by atoms with E-state index in [0.717, 1.165) is 12.8 Å². The van der Waals surface area contributed by atoms with E-state index >= 15 is 0 Å². The van der Waals surface area contributed by atoms with Crippen molar-refractivity contribution >= 4 is 5.78 Å². The number of alkyl halides is 3. The minimum absolute atomic E-state index is 0.0290. The molecule has 0 aromatic rings. The lowest BCUT2D eigenvalue weighted by atomic mass is 10.3. The van der Waals surface area contributed by atoms with Gasteiger partial charge in [-0.3, -0.25) is 4.79 Å². The van der Waals surface area contributed by atoms with E-state index in [1.807, 2.05) is 0 Å². The van der Waals surface area contributed by atoms with E-state index in [0.29, 0.717) is 0 Å². The summed E-state index contributed by atoms with van der Waals surface area (Å²) in [6.07, 6.45) is -3.15. The van der Waals surface area contributed by atoms with Crippen LogP contribution in [0.25, 0.3) is 0 Å². The Morgan fingerprint density at radius 1 is 1.36 bits per heavy atom. The smallest absolute Gasteiger partial charge is 0.275 e. The van der Waals surface area contributed by atoms with E-state index in [4.69, 9.17) is 0 Å². The summed E-state index contributed by atoms with van der Waals surface area (Å²) in [5.74, 6) is 1.90. The van der Waals surface area contributed by atoms with Crippen LogP contribution in [0.15, 0.2) is 0 Å². The van der Waals surface area contributed by atoms with Gasteiger partial charge in [0, 0.05) is 5.92 Å². The van der Waals surface area contributed by atoms with Crippen molar-refractivity contribution in [3.8, 4) is 11.8 Å². The fourth-order valence-electron chi connectivity index (χ4n) is 0.466. The predicted octanol–water partition coefficient (Wildman–Crippen LogP) is 1.53. The van der Waals surface area contributed by atoms with Crippen LogP contribution in [0.1, 0.15) is 12.8 Å². The van der Waals surface area contributed by atoms with Crippen molar-refractivity contribution in [1.82, 2.24) is 0 Å². The van der Waals surface area contributed by atoms with Crippen molar-refractivity contribution in [3.05, 3.63) is 0 Å². The fourth-order valence-corrected chi connectivity index (χ4v) is 0.466. The molecule has 0 bridgehead atoms. The highest BCUT2D eigenvalue weighted by atomic mass is 19.4. The molecule has 11 heavy (non-hydrogen) atoms. The standard InChI is InChI=1S/C7H5F3O/c8-7(9,10)6(11)4-3-5-1-2-5/h5H,1-2H2. The zero-order valence-corrected chi connectivity index (χ0v) is 5.53. The molecule has 0 amide bonds. The maximum absolute atomic E-state index is 11.5. The average molecular weight is 162 g/mol.